The molecule has 1 N–H and O–H groups in total. The van der Waals surface area contributed by atoms with Crippen molar-refractivity contribution >= 4 is 28.4 Å². The van der Waals surface area contributed by atoms with Gasteiger partial charge in [0, 0.05) is 35.1 Å². The van der Waals surface area contributed by atoms with E-state index in [0.29, 0.717) is 5.69 Å². The number of halogens is 2. The van der Waals surface area contributed by atoms with E-state index in [1.54, 1.807) is 30.9 Å². The second-order valence-corrected chi connectivity index (χ2v) is 5.80. The van der Waals surface area contributed by atoms with Crippen LogP contribution in [0.4, 0.5) is 4.39 Å². The van der Waals surface area contributed by atoms with Gasteiger partial charge in [0.15, 0.2) is 0 Å². The Labute approximate surface area is 143 Å². The number of fused-ring (bicyclic) bond motifs is 1. The topological polar surface area (TPSA) is 43.3 Å². The molecule has 1 heterocycles. The summed E-state index contributed by atoms with van der Waals surface area (Å²) in [7, 11) is 3.40. The zero-order valence-corrected chi connectivity index (χ0v) is 14.0. The summed E-state index contributed by atoms with van der Waals surface area (Å²) in [5.74, 6) is -0.0187. The molecule has 2 aromatic carbocycles. The van der Waals surface area contributed by atoms with Crippen molar-refractivity contribution in [3.63, 3.8) is 0 Å². The Balaban J connectivity index is 1.85. The second kappa shape index (κ2) is 6.53. The average Bonchev–Trinajstić information content (AvgIpc) is 2.90. The monoisotopic (exact) mass is 346 g/mol. The maximum absolute atomic E-state index is 13.8. The Morgan fingerprint density at radius 3 is 2.79 bits per heavy atom. The number of benzene rings is 2. The number of hydrogen-bond donors (Lipinski definition) is 1. The molecule has 0 radical (unpaired) electrons. The lowest BCUT2D eigenvalue weighted by molar-refractivity contribution is 0.0943. The Bertz CT molecular complexity index is 901. The number of nitrogens with one attached hydrogen (secondary N) is 1. The van der Waals surface area contributed by atoms with Crippen LogP contribution in [0.1, 0.15) is 16.1 Å². The minimum atomic E-state index is -0.440. The maximum atomic E-state index is 13.8. The lowest BCUT2D eigenvalue weighted by atomic mass is 10.2. The predicted octanol–water partition coefficient (Wildman–Crippen LogP) is 3.91. The van der Waals surface area contributed by atoms with Crippen molar-refractivity contribution in [2.45, 2.75) is 6.54 Å². The number of aromatic nitrogens is 1. The van der Waals surface area contributed by atoms with Gasteiger partial charge in [-0.1, -0.05) is 17.7 Å². The number of carbonyl (C=O) groups excluding carboxylic acids is 1. The molecule has 0 aliphatic heterocycles. The normalized spacial score (nSPS) is 10.8. The Hall–Kier alpha value is -2.53. The van der Waals surface area contributed by atoms with E-state index >= 15 is 0 Å². The van der Waals surface area contributed by atoms with Gasteiger partial charge < -0.3 is 14.6 Å². The number of ether oxygens (including phenoxy) is 1. The Kier molecular flexibility index (Phi) is 4.44. The molecule has 3 rings (SSSR count). The van der Waals surface area contributed by atoms with E-state index in [4.69, 9.17) is 16.3 Å². The molecule has 0 fully saturated rings. The quantitative estimate of drug-likeness (QED) is 0.778. The van der Waals surface area contributed by atoms with Crippen molar-refractivity contribution in [2.24, 2.45) is 7.05 Å². The van der Waals surface area contributed by atoms with E-state index in [2.05, 4.69) is 5.32 Å². The molecular formula is C18H16ClFN2O2. The van der Waals surface area contributed by atoms with Gasteiger partial charge in [-0.15, -0.1) is 0 Å². The van der Waals surface area contributed by atoms with Gasteiger partial charge >= 0.3 is 0 Å². The summed E-state index contributed by atoms with van der Waals surface area (Å²) in [5, 5.41) is 3.90. The molecule has 0 unspecified atom stereocenters. The molecular weight excluding hydrogens is 331 g/mol. The van der Waals surface area contributed by atoms with E-state index in [1.165, 1.54) is 12.1 Å². The van der Waals surface area contributed by atoms with Crippen molar-refractivity contribution < 1.29 is 13.9 Å². The van der Waals surface area contributed by atoms with Gasteiger partial charge in [0.2, 0.25) is 0 Å². The minimum Gasteiger partial charge on any atom is -0.497 e. The van der Waals surface area contributed by atoms with Gasteiger partial charge in [-0.25, -0.2) is 4.39 Å². The third-order valence-corrected chi connectivity index (χ3v) is 4.32. The van der Waals surface area contributed by atoms with Crippen molar-refractivity contribution in [3.8, 4) is 5.75 Å². The van der Waals surface area contributed by atoms with Crippen molar-refractivity contribution in [1.82, 2.24) is 9.88 Å². The first-order valence-corrected chi connectivity index (χ1v) is 7.73. The van der Waals surface area contributed by atoms with Gasteiger partial charge in [0.1, 0.15) is 17.3 Å². The van der Waals surface area contributed by atoms with Crippen LogP contribution in [0.15, 0.2) is 42.5 Å². The van der Waals surface area contributed by atoms with Crippen LogP contribution in [-0.4, -0.2) is 17.6 Å². The number of aryl methyl sites for hydroxylation is 1. The number of rotatable bonds is 4. The number of nitrogens with zero attached hydrogens (tertiary/aromatic N) is 1. The van der Waals surface area contributed by atoms with E-state index < -0.39 is 5.82 Å². The molecule has 0 saturated heterocycles. The van der Waals surface area contributed by atoms with E-state index in [-0.39, 0.29) is 23.0 Å². The largest absolute Gasteiger partial charge is 0.497 e. The first-order valence-electron chi connectivity index (χ1n) is 7.36. The van der Waals surface area contributed by atoms with Crippen LogP contribution in [0.5, 0.6) is 5.75 Å². The van der Waals surface area contributed by atoms with E-state index in [9.17, 15) is 9.18 Å². The molecule has 0 saturated carbocycles. The van der Waals surface area contributed by atoms with Crippen molar-refractivity contribution in [3.05, 3.63) is 64.6 Å². The lowest BCUT2D eigenvalue weighted by Gasteiger charge is -2.09. The molecule has 4 nitrogen and oxygen atoms in total. The minimum absolute atomic E-state index is 0.0230. The van der Waals surface area contributed by atoms with Crippen LogP contribution < -0.4 is 10.1 Å². The van der Waals surface area contributed by atoms with Gasteiger partial charge in [0.25, 0.3) is 5.91 Å². The molecule has 24 heavy (non-hydrogen) atoms. The average molecular weight is 347 g/mol. The van der Waals surface area contributed by atoms with E-state index in [0.717, 1.165) is 16.7 Å². The summed E-state index contributed by atoms with van der Waals surface area (Å²) in [6, 6.07) is 11.8. The van der Waals surface area contributed by atoms with Crippen LogP contribution >= 0.6 is 11.6 Å². The van der Waals surface area contributed by atoms with Crippen LogP contribution in [0.2, 0.25) is 5.02 Å². The number of methoxy groups -OCH3 is 1. The highest BCUT2D eigenvalue weighted by molar-refractivity contribution is 6.31. The Morgan fingerprint density at radius 2 is 2.08 bits per heavy atom. The van der Waals surface area contributed by atoms with Crippen LogP contribution in [-0.2, 0) is 13.6 Å². The molecule has 0 spiro atoms. The highest BCUT2D eigenvalue weighted by Crippen LogP contribution is 2.24. The van der Waals surface area contributed by atoms with Gasteiger partial charge in [-0.3, -0.25) is 4.79 Å². The number of carbonyl (C=O) groups is 1. The number of amides is 1. The SMILES string of the molecule is COc1ccc2c(c1)cc(C(=O)NCc1c(F)cccc1Cl)n2C. The predicted molar refractivity (Wildman–Crippen MR) is 92.1 cm³/mol. The summed E-state index contributed by atoms with van der Waals surface area (Å²) in [4.78, 5) is 12.5. The van der Waals surface area contributed by atoms with Crippen molar-refractivity contribution in [2.75, 3.05) is 7.11 Å². The van der Waals surface area contributed by atoms with Gasteiger partial charge in [-0.05, 0) is 36.4 Å². The Morgan fingerprint density at radius 1 is 1.29 bits per heavy atom. The first-order chi connectivity index (χ1) is 11.5. The molecule has 6 heteroatoms. The third kappa shape index (κ3) is 2.95. The van der Waals surface area contributed by atoms with Gasteiger partial charge in [-0.2, -0.15) is 0 Å². The molecule has 1 aromatic heterocycles. The lowest BCUT2D eigenvalue weighted by Crippen LogP contribution is -2.25. The van der Waals surface area contributed by atoms with Crippen LogP contribution in [0.25, 0.3) is 10.9 Å². The second-order valence-electron chi connectivity index (χ2n) is 5.40. The fourth-order valence-electron chi connectivity index (χ4n) is 2.63. The fourth-order valence-corrected chi connectivity index (χ4v) is 2.86. The van der Waals surface area contributed by atoms with Crippen molar-refractivity contribution in [1.29, 1.82) is 0 Å². The number of hydrogen-bond acceptors (Lipinski definition) is 2. The summed E-state index contributed by atoms with van der Waals surface area (Å²) in [5.41, 5.74) is 1.66. The molecule has 0 atom stereocenters. The van der Waals surface area contributed by atoms with Crippen LogP contribution in [0.3, 0.4) is 0 Å². The zero-order valence-electron chi connectivity index (χ0n) is 13.3. The summed E-state index contributed by atoms with van der Waals surface area (Å²) in [6.07, 6.45) is 0. The van der Waals surface area contributed by atoms with Crippen LogP contribution in [0, 0.1) is 5.82 Å². The summed E-state index contributed by atoms with van der Waals surface area (Å²) < 4.78 is 20.8. The first kappa shape index (κ1) is 16.3. The molecule has 0 bridgehead atoms. The molecule has 124 valence electrons. The highest BCUT2D eigenvalue weighted by atomic mass is 35.5. The van der Waals surface area contributed by atoms with E-state index in [1.807, 2.05) is 18.2 Å². The standard InChI is InChI=1S/C18H16ClFN2O2/c1-22-16-7-6-12(24-2)8-11(16)9-17(22)18(23)21-10-13-14(19)4-3-5-15(13)20/h3-9H,10H2,1-2H3,(H,21,23). The van der Waals surface area contributed by atoms with Gasteiger partial charge in [0.05, 0.1) is 7.11 Å². The fraction of sp³-hybridized carbons (Fsp3) is 0.167. The molecule has 0 aliphatic carbocycles. The molecule has 3 aromatic rings. The smallest absolute Gasteiger partial charge is 0.268 e. The summed E-state index contributed by atoms with van der Waals surface area (Å²) in [6.45, 7) is 0.0230. The molecule has 0 aliphatic rings. The summed E-state index contributed by atoms with van der Waals surface area (Å²) >= 11 is 5.98. The highest BCUT2D eigenvalue weighted by Gasteiger charge is 2.15. The zero-order chi connectivity index (χ0) is 17.3. The maximum Gasteiger partial charge on any atom is 0.268 e. The molecule has 1 amide bonds. The third-order valence-electron chi connectivity index (χ3n) is 3.97.